The number of nitrogens with one attached hydrogen (secondary N) is 2. The zero-order valence-corrected chi connectivity index (χ0v) is 15.4. The summed E-state index contributed by atoms with van der Waals surface area (Å²) in [5.74, 6) is 2.18. The molecule has 2 N–H and O–H groups in total. The van der Waals surface area contributed by atoms with Crippen LogP contribution in [0.1, 0.15) is 12.5 Å². The van der Waals surface area contributed by atoms with Crippen molar-refractivity contribution in [3.05, 3.63) is 48.0 Å². The van der Waals surface area contributed by atoms with E-state index in [4.69, 9.17) is 26.4 Å². The zero-order valence-electron chi connectivity index (χ0n) is 14.6. The summed E-state index contributed by atoms with van der Waals surface area (Å²) in [6.45, 7) is 1.87. The molecular weight excluding hydrogens is 338 g/mol. The van der Waals surface area contributed by atoms with Crippen LogP contribution in [0, 0.1) is 0 Å². The van der Waals surface area contributed by atoms with Crippen LogP contribution in [-0.4, -0.2) is 32.2 Å². The van der Waals surface area contributed by atoms with E-state index in [2.05, 4.69) is 15.8 Å². The third kappa shape index (κ3) is 5.09. The van der Waals surface area contributed by atoms with Crippen LogP contribution in [0.25, 0.3) is 0 Å². The van der Waals surface area contributed by atoms with Gasteiger partial charge in [-0.2, -0.15) is 5.10 Å². The average Bonchev–Trinajstić information content (AvgIpc) is 2.66. The van der Waals surface area contributed by atoms with Crippen LogP contribution in [0.5, 0.6) is 17.2 Å². The zero-order chi connectivity index (χ0) is 18.2. The molecule has 0 radical (unpaired) electrons. The van der Waals surface area contributed by atoms with Crippen molar-refractivity contribution >= 4 is 28.7 Å². The highest BCUT2D eigenvalue weighted by molar-refractivity contribution is 7.80. The van der Waals surface area contributed by atoms with Crippen LogP contribution in [0.2, 0.25) is 0 Å². The van der Waals surface area contributed by atoms with Gasteiger partial charge in [-0.3, -0.25) is 5.43 Å². The molecule has 0 aromatic heterocycles. The van der Waals surface area contributed by atoms with Gasteiger partial charge in [0.1, 0.15) is 17.2 Å². The number of hydrogen-bond donors (Lipinski definition) is 2. The fourth-order valence-electron chi connectivity index (χ4n) is 2.13. The number of thiocarbonyl (C=S) groups is 1. The van der Waals surface area contributed by atoms with Crippen LogP contribution in [0.3, 0.4) is 0 Å². The number of anilines is 1. The molecule has 0 spiro atoms. The summed E-state index contributed by atoms with van der Waals surface area (Å²) in [7, 11) is 4.84. The van der Waals surface area contributed by atoms with Crippen molar-refractivity contribution in [3.8, 4) is 17.2 Å². The lowest BCUT2D eigenvalue weighted by atomic mass is 10.1. The molecule has 0 bridgehead atoms. The van der Waals surface area contributed by atoms with Crippen molar-refractivity contribution in [2.45, 2.75) is 6.92 Å². The second-order valence-corrected chi connectivity index (χ2v) is 5.47. The maximum Gasteiger partial charge on any atom is 0.191 e. The first-order chi connectivity index (χ1) is 12.1. The largest absolute Gasteiger partial charge is 0.497 e. The Bertz CT molecular complexity index is 761. The van der Waals surface area contributed by atoms with Gasteiger partial charge in [-0.05, 0) is 55.5 Å². The summed E-state index contributed by atoms with van der Waals surface area (Å²) in [5.41, 5.74) is 5.25. The van der Waals surface area contributed by atoms with Crippen LogP contribution in [0.15, 0.2) is 47.6 Å². The maximum atomic E-state index is 5.38. The molecular formula is C18H21N3O3S. The van der Waals surface area contributed by atoms with Crippen molar-refractivity contribution in [1.29, 1.82) is 0 Å². The predicted octanol–water partition coefficient (Wildman–Crippen LogP) is 3.42. The highest BCUT2D eigenvalue weighted by atomic mass is 32.1. The summed E-state index contributed by atoms with van der Waals surface area (Å²) < 4.78 is 15.7. The Morgan fingerprint density at radius 2 is 1.56 bits per heavy atom. The molecule has 0 unspecified atom stereocenters. The Kier molecular flexibility index (Phi) is 6.59. The summed E-state index contributed by atoms with van der Waals surface area (Å²) in [5, 5.41) is 7.75. The molecule has 0 saturated carbocycles. The number of nitrogens with zero attached hydrogens (tertiary/aromatic N) is 1. The number of benzene rings is 2. The van der Waals surface area contributed by atoms with Crippen LogP contribution in [0.4, 0.5) is 5.69 Å². The fourth-order valence-corrected chi connectivity index (χ4v) is 2.29. The Morgan fingerprint density at radius 3 is 2.16 bits per heavy atom. The van der Waals surface area contributed by atoms with E-state index in [1.807, 2.05) is 49.4 Å². The predicted molar refractivity (Wildman–Crippen MR) is 104 cm³/mol. The molecule has 132 valence electrons. The van der Waals surface area contributed by atoms with Crippen molar-refractivity contribution in [1.82, 2.24) is 5.43 Å². The van der Waals surface area contributed by atoms with Crippen LogP contribution in [-0.2, 0) is 0 Å². The summed E-state index contributed by atoms with van der Waals surface area (Å²) in [6, 6.07) is 13.0. The first-order valence-corrected chi connectivity index (χ1v) is 7.96. The quantitative estimate of drug-likeness (QED) is 0.468. The third-order valence-corrected chi connectivity index (χ3v) is 3.66. The van der Waals surface area contributed by atoms with Crippen molar-refractivity contribution in [2.24, 2.45) is 5.10 Å². The minimum Gasteiger partial charge on any atom is -0.497 e. The Labute approximate surface area is 152 Å². The molecule has 0 fully saturated rings. The Morgan fingerprint density at radius 1 is 0.920 bits per heavy atom. The number of hydrazone groups is 1. The summed E-state index contributed by atoms with van der Waals surface area (Å²) >= 11 is 5.25. The third-order valence-electron chi connectivity index (χ3n) is 3.47. The molecule has 0 amide bonds. The number of hydrogen-bond acceptors (Lipinski definition) is 5. The SMILES string of the molecule is COc1ccc(NC(=S)N/N=C(/C)c2ccc(OC)cc2OC)cc1. The van der Waals surface area contributed by atoms with Gasteiger partial charge in [0.2, 0.25) is 0 Å². The molecule has 0 aliphatic heterocycles. The van der Waals surface area contributed by atoms with Gasteiger partial charge in [0.15, 0.2) is 5.11 Å². The van der Waals surface area contributed by atoms with Gasteiger partial charge in [-0.15, -0.1) is 0 Å². The van der Waals surface area contributed by atoms with Gasteiger partial charge in [0.05, 0.1) is 27.0 Å². The Hall–Kier alpha value is -2.80. The van der Waals surface area contributed by atoms with Gasteiger partial charge in [-0.25, -0.2) is 0 Å². The van der Waals surface area contributed by atoms with Gasteiger partial charge >= 0.3 is 0 Å². The lowest BCUT2D eigenvalue weighted by molar-refractivity contribution is 0.394. The first kappa shape index (κ1) is 18.5. The van der Waals surface area contributed by atoms with Crippen LogP contribution < -0.4 is 25.0 Å². The minimum atomic E-state index is 0.386. The molecule has 25 heavy (non-hydrogen) atoms. The molecule has 7 heteroatoms. The van der Waals surface area contributed by atoms with Gasteiger partial charge in [-0.1, -0.05) is 0 Å². The smallest absolute Gasteiger partial charge is 0.191 e. The van der Waals surface area contributed by atoms with E-state index in [0.29, 0.717) is 10.9 Å². The highest BCUT2D eigenvalue weighted by Crippen LogP contribution is 2.25. The lowest BCUT2D eigenvalue weighted by Gasteiger charge is -2.11. The van der Waals surface area contributed by atoms with E-state index in [9.17, 15) is 0 Å². The second-order valence-electron chi connectivity index (χ2n) is 5.06. The van der Waals surface area contributed by atoms with Crippen molar-refractivity contribution in [2.75, 3.05) is 26.6 Å². The highest BCUT2D eigenvalue weighted by Gasteiger charge is 2.08. The van der Waals surface area contributed by atoms with Crippen LogP contribution >= 0.6 is 12.2 Å². The molecule has 0 heterocycles. The van der Waals surface area contributed by atoms with Crippen molar-refractivity contribution in [3.63, 3.8) is 0 Å². The number of methoxy groups -OCH3 is 3. The first-order valence-electron chi connectivity index (χ1n) is 7.55. The van der Waals surface area contributed by atoms with Crippen molar-refractivity contribution < 1.29 is 14.2 Å². The maximum absolute atomic E-state index is 5.38. The molecule has 2 aromatic rings. The molecule has 0 aliphatic rings. The number of rotatable bonds is 6. The van der Waals surface area contributed by atoms with Gasteiger partial charge in [0.25, 0.3) is 0 Å². The van der Waals surface area contributed by atoms with E-state index in [1.165, 1.54) is 0 Å². The van der Waals surface area contributed by atoms with Gasteiger partial charge in [0, 0.05) is 17.3 Å². The van der Waals surface area contributed by atoms with E-state index < -0.39 is 0 Å². The molecule has 0 saturated heterocycles. The minimum absolute atomic E-state index is 0.386. The lowest BCUT2D eigenvalue weighted by Crippen LogP contribution is -2.25. The summed E-state index contributed by atoms with van der Waals surface area (Å²) in [6.07, 6.45) is 0. The molecule has 0 aliphatic carbocycles. The average molecular weight is 359 g/mol. The summed E-state index contributed by atoms with van der Waals surface area (Å²) in [4.78, 5) is 0. The molecule has 6 nitrogen and oxygen atoms in total. The molecule has 2 aromatic carbocycles. The van der Waals surface area contributed by atoms with Gasteiger partial charge < -0.3 is 19.5 Å². The second kappa shape index (κ2) is 8.89. The number of ether oxygens (including phenoxy) is 3. The topological polar surface area (TPSA) is 64.1 Å². The molecule has 0 atom stereocenters. The normalized spacial score (nSPS) is 10.8. The van der Waals surface area contributed by atoms with E-state index in [-0.39, 0.29) is 0 Å². The fraction of sp³-hybridized carbons (Fsp3) is 0.222. The standard InChI is InChI=1S/C18H21N3O3S/c1-12(16-10-9-15(23-3)11-17(16)24-4)20-21-18(25)19-13-5-7-14(22-2)8-6-13/h5-11H,1-4H3,(H2,19,21,25)/b20-12-. The molecule has 2 rings (SSSR count). The van der Waals surface area contributed by atoms with E-state index in [1.54, 1.807) is 21.3 Å². The Balaban J connectivity index is 2.03. The monoisotopic (exact) mass is 359 g/mol. The van der Waals surface area contributed by atoms with E-state index in [0.717, 1.165) is 28.5 Å². The van der Waals surface area contributed by atoms with E-state index >= 15 is 0 Å².